The number of hydrogen-bond donors (Lipinski definition) is 2. The second-order valence-corrected chi connectivity index (χ2v) is 8.75. The molecule has 0 saturated heterocycles. The number of aromatic nitrogens is 1. The third-order valence-electron chi connectivity index (χ3n) is 4.75. The van der Waals surface area contributed by atoms with Gasteiger partial charge in [0.2, 0.25) is 0 Å². The molecule has 0 saturated carbocycles. The number of hydrogen-bond acceptors (Lipinski definition) is 7. The van der Waals surface area contributed by atoms with Crippen LogP contribution in [-0.2, 0) is 0 Å². The van der Waals surface area contributed by atoms with Gasteiger partial charge in [0.15, 0.2) is 0 Å². The summed E-state index contributed by atoms with van der Waals surface area (Å²) in [6, 6.07) is 17.8. The first-order chi connectivity index (χ1) is 16.7. The topological polar surface area (TPSA) is 80.7 Å². The van der Waals surface area contributed by atoms with E-state index >= 15 is 0 Å². The van der Waals surface area contributed by atoms with E-state index in [-0.39, 0.29) is 11.3 Å². The number of benzene rings is 3. The van der Waals surface area contributed by atoms with Gasteiger partial charge in [-0.2, -0.15) is 0 Å². The van der Waals surface area contributed by atoms with E-state index in [2.05, 4.69) is 14.4 Å². The largest absolute Gasteiger partial charge is 0.573 e. The molecule has 11 heteroatoms. The Balaban J connectivity index is 1.41. The summed E-state index contributed by atoms with van der Waals surface area (Å²) in [4.78, 5) is 15.7. The van der Waals surface area contributed by atoms with Crippen molar-refractivity contribution in [3.8, 4) is 33.2 Å². The van der Waals surface area contributed by atoms with Gasteiger partial charge in [0.25, 0.3) is 0 Å². The molecule has 4 aromatic rings. The maximum absolute atomic E-state index is 12.3. The van der Waals surface area contributed by atoms with Crippen LogP contribution in [0.25, 0.3) is 21.7 Å². The summed E-state index contributed by atoms with van der Waals surface area (Å²) in [5.41, 5.74) is 3.24. The zero-order valence-corrected chi connectivity index (χ0v) is 19.6. The molecular formula is C24H17F3N2O4S2. The van der Waals surface area contributed by atoms with Crippen LogP contribution in [0.15, 0.2) is 77.1 Å². The average molecular weight is 519 g/mol. The molecule has 0 fully saturated rings. The van der Waals surface area contributed by atoms with Crippen molar-refractivity contribution in [1.82, 2.24) is 4.98 Å². The van der Waals surface area contributed by atoms with Gasteiger partial charge in [0.1, 0.15) is 21.5 Å². The number of carbonyl (C=O) groups is 1. The second kappa shape index (κ2) is 10.3. The molecule has 0 amide bonds. The first-order valence-electron chi connectivity index (χ1n) is 9.98. The number of anilines is 1. The summed E-state index contributed by atoms with van der Waals surface area (Å²) in [5.74, 6) is -0.902. The van der Waals surface area contributed by atoms with Crippen molar-refractivity contribution >= 4 is 34.9 Å². The summed E-state index contributed by atoms with van der Waals surface area (Å²) < 4.78 is 49.3. The molecule has 0 spiro atoms. The standard InChI is InChI=1S/C24H17F3N2O4S2/c1-32-20-12-17(23(30)31)8-11-19(20)29-35-21-13-34-22(28-21)16-4-2-14(3-5-16)15-6-9-18(10-7-15)33-24(25,26)27/h2-13,29H,1H3,(H,30,31). The molecular weight excluding hydrogens is 501 g/mol. The molecule has 0 atom stereocenters. The van der Waals surface area contributed by atoms with Crippen molar-refractivity contribution in [2.75, 3.05) is 11.8 Å². The number of ether oxygens (including phenoxy) is 2. The number of halogens is 3. The first-order valence-corrected chi connectivity index (χ1v) is 11.7. The van der Waals surface area contributed by atoms with Gasteiger partial charge in [-0.05, 0) is 41.5 Å². The Morgan fingerprint density at radius 3 is 2.23 bits per heavy atom. The Hall–Kier alpha value is -3.70. The molecule has 2 N–H and O–H groups in total. The van der Waals surface area contributed by atoms with Crippen molar-refractivity contribution in [3.63, 3.8) is 0 Å². The van der Waals surface area contributed by atoms with E-state index in [9.17, 15) is 18.0 Å². The molecule has 0 aliphatic carbocycles. The molecule has 0 aliphatic rings. The van der Waals surface area contributed by atoms with Gasteiger partial charge in [-0.25, -0.2) is 9.78 Å². The number of nitrogens with one attached hydrogen (secondary N) is 1. The molecule has 1 aromatic heterocycles. The van der Waals surface area contributed by atoms with E-state index in [1.54, 1.807) is 18.2 Å². The number of alkyl halides is 3. The average Bonchev–Trinajstić information content (AvgIpc) is 3.31. The highest BCUT2D eigenvalue weighted by Crippen LogP contribution is 2.34. The van der Waals surface area contributed by atoms with Crippen LogP contribution in [0.5, 0.6) is 11.5 Å². The minimum absolute atomic E-state index is 0.127. The number of carboxylic acids is 1. The third kappa shape index (κ3) is 6.25. The molecule has 3 aromatic carbocycles. The zero-order valence-electron chi connectivity index (χ0n) is 18.0. The minimum atomic E-state index is -4.72. The maximum Gasteiger partial charge on any atom is 0.573 e. The molecule has 0 radical (unpaired) electrons. The quantitative estimate of drug-likeness (QED) is 0.239. The Labute approximate surface area is 206 Å². The monoisotopic (exact) mass is 518 g/mol. The van der Waals surface area contributed by atoms with Gasteiger partial charge in [-0.3, -0.25) is 0 Å². The fourth-order valence-electron chi connectivity index (χ4n) is 3.11. The fourth-order valence-corrected chi connectivity index (χ4v) is 4.71. The van der Waals surface area contributed by atoms with Gasteiger partial charge in [0.05, 0.1) is 18.4 Å². The predicted molar refractivity (Wildman–Crippen MR) is 129 cm³/mol. The number of carboxylic acid groups (broad SMARTS) is 1. The summed E-state index contributed by atoms with van der Waals surface area (Å²) in [7, 11) is 1.46. The summed E-state index contributed by atoms with van der Waals surface area (Å²) >= 11 is 2.73. The molecule has 0 unspecified atom stereocenters. The third-order valence-corrected chi connectivity index (χ3v) is 6.53. The van der Waals surface area contributed by atoms with Crippen molar-refractivity contribution in [2.24, 2.45) is 0 Å². The lowest BCUT2D eigenvalue weighted by Crippen LogP contribution is -2.16. The van der Waals surface area contributed by atoms with E-state index < -0.39 is 12.3 Å². The summed E-state index contributed by atoms with van der Waals surface area (Å²) in [5, 5.41) is 12.5. The SMILES string of the molecule is COc1cc(C(=O)O)ccc1NSc1csc(-c2ccc(-c3ccc(OC(F)(F)F)cc3)cc2)n1. The van der Waals surface area contributed by atoms with E-state index in [1.807, 2.05) is 29.6 Å². The number of rotatable bonds is 8. The van der Waals surface area contributed by atoms with Crippen LogP contribution in [0.2, 0.25) is 0 Å². The molecule has 4 rings (SSSR count). The lowest BCUT2D eigenvalue weighted by molar-refractivity contribution is -0.274. The lowest BCUT2D eigenvalue weighted by Gasteiger charge is -2.10. The van der Waals surface area contributed by atoms with Crippen LogP contribution in [0.3, 0.4) is 0 Å². The van der Waals surface area contributed by atoms with Crippen LogP contribution >= 0.6 is 23.3 Å². The summed E-state index contributed by atoms with van der Waals surface area (Å²) in [6.07, 6.45) is -4.72. The number of aromatic carboxylic acids is 1. The van der Waals surface area contributed by atoms with Crippen molar-refractivity contribution in [3.05, 3.63) is 77.7 Å². The second-order valence-electron chi connectivity index (χ2n) is 7.06. The van der Waals surface area contributed by atoms with E-state index in [0.717, 1.165) is 26.7 Å². The van der Waals surface area contributed by atoms with Crippen molar-refractivity contribution < 1.29 is 32.5 Å². The lowest BCUT2D eigenvalue weighted by atomic mass is 10.0. The van der Waals surface area contributed by atoms with Gasteiger partial charge in [0, 0.05) is 22.9 Å². The first kappa shape index (κ1) is 24.4. The van der Waals surface area contributed by atoms with Crippen LogP contribution < -0.4 is 14.2 Å². The summed E-state index contributed by atoms with van der Waals surface area (Å²) in [6.45, 7) is 0. The van der Waals surface area contributed by atoms with Crippen molar-refractivity contribution in [1.29, 1.82) is 0 Å². The van der Waals surface area contributed by atoms with Gasteiger partial charge < -0.3 is 19.3 Å². The Morgan fingerprint density at radius 1 is 1.00 bits per heavy atom. The van der Waals surface area contributed by atoms with Crippen LogP contribution in [0, 0.1) is 0 Å². The van der Waals surface area contributed by atoms with E-state index in [0.29, 0.717) is 11.4 Å². The van der Waals surface area contributed by atoms with Crippen LogP contribution in [0.4, 0.5) is 18.9 Å². The van der Waals surface area contributed by atoms with E-state index in [4.69, 9.17) is 9.84 Å². The van der Waals surface area contributed by atoms with Gasteiger partial charge in [-0.1, -0.05) is 36.4 Å². The Morgan fingerprint density at radius 2 is 1.63 bits per heavy atom. The highest BCUT2D eigenvalue weighted by Gasteiger charge is 2.30. The number of thiazole rings is 1. The maximum atomic E-state index is 12.3. The van der Waals surface area contributed by atoms with Gasteiger partial charge in [-0.15, -0.1) is 24.5 Å². The molecule has 0 bridgehead atoms. The molecule has 1 heterocycles. The fraction of sp³-hybridized carbons (Fsp3) is 0.0833. The van der Waals surface area contributed by atoms with Crippen molar-refractivity contribution in [2.45, 2.75) is 11.4 Å². The Kier molecular flexibility index (Phi) is 7.17. The smallest absolute Gasteiger partial charge is 0.495 e. The highest BCUT2D eigenvalue weighted by atomic mass is 32.2. The predicted octanol–water partition coefficient (Wildman–Crippen LogP) is 7.20. The van der Waals surface area contributed by atoms with Crippen LogP contribution in [0.1, 0.15) is 10.4 Å². The molecule has 180 valence electrons. The Bertz CT molecular complexity index is 1320. The molecule has 35 heavy (non-hydrogen) atoms. The van der Waals surface area contributed by atoms with Crippen LogP contribution in [-0.4, -0.2) is 29.5 Å². The highest BCUT2D eigenvalue weighted by molar-refractivity contribution is 8.00. The number of methoxy groups -OCH3 is 1. The molecule has 6 nitrogen and oxygen atoms in total. The molecule has 0 aliphatic heterocycles. The number of nitrogens with zero attached hydrogens (tertiary/aromatic N) is 1. The minimum Gasteiger partial charge on any atom is -0.495 e. The zero-order chi connectivity index (χ0) is 25.0. The normalized spacial score (nSPS) is 11.2. The van der Waals surface area contributed by atoms with E-state index in [1.165, 1.54) is 54.7 Å². The van der Waals surface area contributed by atoms with Gasteiger partial charge >= 0.3 is 12.3 Å².